The van der Waals surface area contributed by atoms with Crippen molar-refractivity contribution in [2.45, 2.75) is 6.54 Å². The first kappa shape index (κ1) is 11.5. The highest BCUT2D eigenvalue weighted by molar-refractivity contribution is 5.80. The molecule has 1 amide bonds. The van der Waals surface area contributed by atoms with Crippen molar-refractivity contribution >= 4 is 17.1 Å². The topological polar surface area (TPSA) is 77.5 Å². The Morgan fingerprint density at radius 2 is 2.24 bits per heavy atom. The molecule has 0 saturated carbocycles. The van der Waals surface area contributed by atoms with Crippen LogP contribution in [0.2, 0.25) is 0 Å². The summed E-state index contributed by atoms with van der Waals surface area (Å²) in [7, 11) is 0. The van der Waals surface area contributed by atoms with Crippen LogP contribution in [0.25, 0.3) is 11.0 Å². The van der Waals surface area contributed by atoms with Gasteiger partial charge in [-0.3, -0.25) is 0 Å². The van der Waals surface area contributed by atoms with Gasteiger partial charge in [0.25, 0.3) is 0 Å². The highest BCUT2D eigenvalue weighted by atomic mass is 16.5. The Morgan fingerprint density at radius 1 is 1.41 bits per heavy atom. The highest BCUT2D eigenvalue weighted by Crippen LogP contribution is 2.20. The molecule has 90 valence electrons. The van der Waals surface area contributed by atoms with Crippen LogP contribution in [0.4, 0.5) is 4.79 Å². The van der Waals surface area contributed by atoms with Gasteiger partial charge in [-0.1, -0.05) is 18.2 Å². The second-order valence-corrected chi connectivity index (χ2v) is 3.60. The molecule has 3 N–H and O–H groups in total. The zero-order chi connectivity index (χ0) is 12.1. The molecule has 2 aromatic rings. The fourth-order valence-electron chi connectivity index (χ4n) is 1.62. The van der Waals surface area contributed by atoms with Crippen LogP contribution in [-0.4, -0.2) is 19.2 Å². The monoisotopic (exact) mass is 234 g/mol. The number of ether oxygens (including phenoxy) is 1. The lowest BCUT2D eigenvalue weighted by Crippen LogP contribution is -2.23. The summed E-state index contributed by atoms with van der Waals surface area (Å²) in [5.74, 6) is 0. The molecule has 1 aromatic heterocycles. The highest BCUT2D eigenvalue weighted by Gasteiger charge is 2.03. The van der Waals surface area contributed by atoms with Gasteiger partial charge in [0.15, 0.2) is 0 Å². The Hall–Kier alpha value is -2.01. The van der Waals surface area contributed by atoms with Crippen molar-refractivity contribution in [1.29, 1.82) is 0 Å². The van der Waals surface area contributed by atoms with Crippen LogP contribution in [0.3, 0.4) is 0 Å². The molecule has 0 aliphatic heterocycles. The van der Waals surface area contributed by atoms with Crippen molar-refractivity contribution in [1.82, 2.24) is 5.32 Å². The number of carbonyl (C=O) groups excluding carboxylic acids is 1. The van der Waals surface area contributed by atoms with E-state index in [0.29, 0.717) is 13.1 Å². The summed E-state index contributed by atoms with van der Waals surface area (Å²) < 4.78 is 10.0. The van der Waals surface area contributed by atoms with Crippen LogP contribution in [0.5, 0.6) is 0 Å². The first-order chi connectivity index (χ1) is 8.27. The second kappa shape index (κ2) is 5.36. The van der Waals surface area contributed by atoms with E-state index >= 15 is 0 Å². The zero-order valence-corrected chi connectivity index (χ0v) is 9.31. The summed E-state index contributed by atoms with van der Waals surface area (Å²) >= 11 is 0. The molecule has 0 fully saturated rings. The Morgan fingerprint density at radius 3 is 3.06 bits per heavy atom. The summed E-state index contributed by atoms with van der Waals surface area (Å²) in [6.07, 6.45) is 0.979. The SMILES string of the molecule is NC(=O)OCCNCc1coc2ccccc12. The van der Waals surface area contributed by atoms with Crippen LogP contribution < -0.4 is 11.1 Å². The number of fused-ring (bicyclic) bond motifs is 1. The van der Waals surface area contributed by atoms with E-state index in [1.165, 1.54) is 0 Å². The average molecular weight is 234 g/mol. The Bertz CT molecular complexity index is 507. The van der Waals surface area contributed by atoms with Gasteiger partial charge in [0.05, 0.1) is 6.26 Å². The van der Waals surface area contributed by atoms with Gasteiger partial charge in [-0.05, 0) is 6.07 Å². The minimum absolute atomic E-state index is 0.269. The lowest BCUT2D eigenvalue weighted by atomic mass is 10.2. The van der Waals surface area contributed by atoms with Crippen LogP contribution >= 0.6 is 0 Å². The van der Waals surface area contributed by atoms with Crippen LogP contribution in [0, 0.1) is 0 Å². The lowest BCUT2D eigenvalue weighted by Gasteiger charge is -2.03. The number of carbonyl (C=O) groups is 1. The fraction of sp³-hybridized carbons (Fsp3) is 0.250. The van der Waals surface area contributed by atoms with Gasteiger partial charge >= 0.3 is 6.09 Å². The normalized spacial score (nSPS) is 10.6. The minimum Gasteiger partial charge on any atom is -0.464 e. The standard InChI is InChI=1S/C12H14N2O3/c13-12(15)16-6-5-14-7-9-8-17-11-4-2-1-3-10(9)11/h1-4,8,14H,5-7H2,(H2,13,15). The molecular formula is C12H14N2O3. The van der Waals surface area contributed by atoms with Gasteiger partial charge in [-0.25, -0.2) is 4.79 Å². The number of nitrogens with one attached hydrogen (secondary N) is 1. The van der Waals surface area contributed by atoms with E-state index in [9.17, 15) is 4.79 Å². The summed E-state index contributed by atoms with van der Waals surface area (Å²) in [6.45, 7) is 1.49. The maximum atomic E-state index is 10.3. The van der Waals surface area contributed by atoms with Gasteiger partial charge in [-0.15, -0.1) is 0 Å². The molecule has 0 atom stereocenters. The smallest absolute Gasteiger partial charge is 0.404 e. The molecule has 0 spiro atoms. The number of benzene rings is 1. The number of amides is 1. The van der Waals surface area contributed by atoms with E-state index in [-0.39, 0.29) is 6.61 Å². The van der Waals surface area contributed by atoms with Crippen LogP contribution in [0.15, 0.2) is 34.9 Å². The van der Waals surface area contributed by atoms with Gasteiger partial charge in [0.2, 0.25) is 0 Å². The van der Waals surface area contributed by atoms with Gasteiger partial charge in [0, 0.05) is 24.0 Å². The van der Waals surface area contributed by atoms with E-state index in [4.69, 9.17) is 10.2 Å². The Balaban J connectivity index is 1.85. The summed E-state index contributed by atoms with van der Waals surface area (Å²) in [5, 5.41) is 4.24. The molecule has 0 aliphatic carbocycles. The number of para-hydroxylation sites is 1. The molecule has 5 heteroatoms. The summed E-state index contributed by atoms with van der Waals surface area (Å²) in [6, 6.07) is 7.84. The number of rotatable bonds is 5. The zero-order valence-electron chi connectivity index (χ0n) is 9.31. The second-order valence-electron chi connectivity index (χ2n) is 3.60. The summed E-state index contributed by atoms with van der Waals surface area (Å²) in [5.41, 5.74) is 6.80. The van der Waals surface area contributed by atoms with Crippen molar-refractivity contribution in [2.24, 2.45) is 5.73 Å². The van der Waals surface area contributed by atoms with Crippen LogP contribution in [-0.2, 0) is 11.3 Å². The van der Waals surface area contributed by atoms with Crippen molar-refractivity contribution in [3.63, 3.8) is 0 Å². The molecule has 0 saturated heterocycles. The molecule has 0 aliphatic rings. The number of hydrogen-bond acceptors (Lipinski definition) is 4. The molecule has 0 unspecified atom stereocenters. The van der Waals surface area contributed by atoms with Gasteiger partial charge in [0.1, 0.15) is 12.2 Å². The molecule has 1 aromatic carbocycles. The lowest BCUT2D eigenvalue weighted by molar-refractivity contribution is 0.157. The Kier molecular flexibility index (Phi) is 3.62. The van der Waals surface area contributed by atoms with Crippen molar-refractivity contribution < 1.29 is 13.9 Å². The fourth-order valence-corrected chi connectivity index (χ4v) is 1.62. The first-order valence-electron chi connectivity index (χ1n) is 5.35. The molecule has 0 bridgehead atoms. The summed E-state index contributed by atoms with van der Waals surface area (Å²) in [4.78, 5) is 10.3. The maximum absolute atomic E-state index is 10.3. The average Bonchev–Trinajstić information content (AvgIpc) is 2.72. The number of furan rings is 1. The predicted octanol–water partition coefficient (Wildman–Crippen LogP) is 1.62. The number of primary amides is 1. The van der Waals surface area contributed by atoms with Crippen molar-refractivity contribution in [2.75, 3.05) is 13.2 Å². The van der Waals surface area contributed by atoms with Crippen molar-refractivity contribution in [3.05, 3.63) is 36.1 Å². The third kappa shape index (κ3) is 2.98. The van der Waals surface area contributed by atoms with Gasteiger partial charge < -0.3 is 20.2 Å². The molecule has 0 radical (unpaired) electrons. The minimum atomic E-state index is -0.749. The Labute approximate surface area is 98.5 Å². The molecule has 17 heavy (non-hydrogen) atoms. The third-order valence-corrected chi connectivity index (χ3v) is 2.40. The molecular weight excluding hydrogens is 220 g/mol. The van der Waals surface area contributed by atoms with E-state index in [2.05, 4.69) is 10.1 Å². The van der Waals surface area contributed by atoms with Gasteiger partial charge in [-0.2, -0.15) is 0 Å². The molecule has 1 heterocycles. The quantitative estimate of drug-likeness (QED) is 0.770. The van der Waals surface area contributed by atoms with E-state index in [0.717, 1.165) is 16.5 Å². The molecule has 5 nitrogen and oxygen atoms in total. The van der Waals surface area contributed by atoms with E-state index in [1.807, 2.05) is 24.3 Å². The van der Waals surface area contributed by atoms with Crippen molar-refractivity contribution in [3.8, 4) is 0 Å². The third-order valence-electron chi connectivity index (χ3n) is 2.40. The first-order valence-corrected chi connectivity index (χ1v) is 5.35. The van der Waals surface area contributed by atoms with E-state index < -0.39 is 6.09 Å². The van der Waals surface area contributed by atoms with E-state index in [1.54, 1.807) is 6.26 Å². The number of nitrogens with two attached hydrogens (primary N) is 1. The van der Waals surface area contributed by atoms with Crippen LogP contribution in [0.1, 0.15) is 5.56 Å². The predicted molar refractivity (Wildman–Crippen MR) is 63.5 cm³/mol. The number of hydrogen-bond donors (Lipinski definition) is 2. The maximum Gasteiger partial charge on any atom is 0.404 e. The molecule has 2 rings (SSSR count). The largest absolute Gasteiger partial charge is 0.464 e.